The maximum absolute atomic E-state index is 11.3. The van der Waals surface area contributed by atoms with Crippen molar-refractivity contribution in [2.24, 2.45) is 0 Å². The monoisotopic (exact) mass is 330 g/mol. The van der Waals surface area contributed by atoms with Crippen LogP contribution in [0.2, 0.25) is 0 Å². The second kappa shape index (κ2) is 4.76. The zero-order chi connectivity index (χ0) is 14.3. The van der Waals surface area contributed by atoms with Gasteiger partial charge in [-0.3, -0.25) is 4.40 Å². The van der Waals surface area contributed by atoms with Crippen LogP contribution in [0, 0.1) is 6.92 Å². The molecule has 5 heteroatoms. The Hall–Kier alpha value is -2.14. The zero-order valence-corrected chi connectivity index (χ0v) is 12.3. The lowest BCUT2D eigenvalue weighted by Gasteiger charge is -2.05. The minimum atomic E-state index is -1.02. The zero-order valence-electron chi connectivity index (χ0n) is 10.7. The molecule has 0 atom stereocenters. The van der Waals surface area contributed by atoms with E-state index in [1.165, 1.54) is 0 Å². The van der Waals surface area contributed by atoms with Gasteiger partial charge in [0.2, 0.25) is 0 Å². The van der Waals surface area contributed by atoms with Crippen molar-refractivity contribution in [2.75, 3.05) is 0 Å². The topological polar surface area (TPSA) is 54.6 Å². The second-order valence-corrected chi connectivity index (χ2v) is 5.40. The molecule has 0 unspecified atom stereocenters. The number of halogens is 1. The molecule has 1 aromatic carbocycles. The van der Waals surface area contributed by atoms with E-state index in [2.05, 4.69) is 20.9 Å². The first-order chi connectivity index (χ1) is 9.58. The van der Waals surface area contributed by atoms with Gasteiger partial charge in [0.05, 0.1) is 5.52 Å². The van der Waals surface area contributed by atoms with Crippen LogP contribution in [0.5, 0.6) is 0 Å². The summed E-state index contributed by atoms with van der Waals surface area (Å²) < 4.78 is 2.84. The number of carboxylic acids is 1. The van der Waals surface area contributed by atoms with Crippen molar-refractivity contribution in [3.63, 3.8) is 0 Å². The van der Waals surface area contributed by atoms with E-state index in [4.69, 9.17) is 0 Å². The second-order valence-electron chi connectivity index (χ2n) is 4.48. The number of benzene rings is 1. The van der Waals surface area contributed by atoms with Crippen LogP contribution in [-0.2, 0) is 0 Å². The summed E-state index contributed by atoms with van der Waals surface area (Å²) in [5.41, 5.74) is 2.51. The van der Waals surface area contributed by atoms with Gasteiger partial charge >= 0.3 is 5.97 Å². The molecule has 0 fully saturated rings. The van der Waals surface area contributed by atoms with Gasteiger partial charge in [-0.25, -0.2) is 9.78 Å². The van der Waals surface area contributed by atoms with Gasteiger partial charge in [0, 0.05) is 15.7 Å². The van der Waals surface area contributed by atoms with Crippen molar-refractivity contribution >= 4 is 27.4 Å². The Bertz CT molecular complexity index is 807. The molecule has 0 aliphatic heterocycles. The summed E-state index contributed by atoms with van der Waals surface area (Å²) >= 11 is 3.39. The first-order valence-corrected chi connectivity index (χ1v) is 6.84. The number of nitrogens with zero attached hydrogens (tertiary/aromatic N) is 2. The highest BCUT2D eigenvalue weighted by Crippen LogP contribution is 2.25. The highest BCUT2D eigenvalue weighted by Gasteiger charge is 2.18. The van der Waals surface area contributed by atoms with Crippen LogP contribution >= 0.6 is 15.9 Å². The number of pyridine rings is 1. The van der Waals surface area contributed by atoms with Gasteiger partial charge < -0.3 is 5.11 Å². The Labute approximate surface area is 123 Å². The number of imidazole rings is 1. The van der Waals surface area contributed by atoms with E-state index < -0.39 is 5.97 Å². The average molecular weight is 331 g/mol. The van der Waals surface area contributed by atoms with Crippen molar-refractivity contribution in [3.05, 3.63) is 58.3 Å². The van der Waals surface area contributed by atoms with E-state index in [0.29, 0.717) is 11.3 Å². The normalized spacial score (nSPS) is 10.9. The summed E-state index contributed by atoms with van der Waals surface area (Å²) in [6.45, 7) is 1.93. The Morgan fingerprint density at radius 2 is 1.90 bits per heavy atom. The molecular formula is C15H11BrN2O2. The van der Waals surface area contributed by atoms with E-state index in [-0.39, 0.29) is 5.69 Å². The van der Waals surface area contributed by atoms with Crippen LogP contribution in [0.1, 0.15) is 16.2 Å². The summed E-state index contributed by atoms with van der Waals surface area (Å²) in [4.78, 5) is 15.6. The predicted octanol–water partition coefficient (Wildman–Crippen LogP) is 3.77. The number of fused-ring (bicyclic) bond motifs is 1. The third-order valence-electron chi connectivity index (χ3n) is 3.16. The number of hydrogen-bond donors (Lipinski definition) is 1. The van der Waals surface area contributed by atoms with Gasteiger partial charge in [-0.2, -0.15) is 0 Å². The quantitative estimate of drug-likeness (QED) is 0.778. The number of carboxylic acid groups (broad SMARTS) is 1. The molecule has 2 aromatic heterocycles. The minimum absolute atomic E-state index is 0.0756. The van der Waals surface area contributed by atoms with Crippen LogP contribution in [-0.4, -0.2) is 20.5 Å². The fourth-order valence-corrected chi connectivity index (χ4v) is 2.51. The maximum atomic E-state index is 11.3. The van der Waals surface area contributed by atoms with Crippen LogP contribution < -0.4 is 0 Å². The fraction of sp³-hybridized carbons (Fsp3) is 0.0667. The molecule has 0 amide bonds. The number of aryl methyl sites for hydroxylation is 1. The van der Waals surface area contributed by atoms with Gasteiger partial charge in [-0.15, -0.1) is 0 Å². The first kappa shape index (κ1) is 12.9. The van der Waals surface area contributed by atoms with Crippen molar-refractivity contribution in [2.45, 2.75) is 6.92 Å². The van der Waals surface area contributed by atoms with Gasteiger partial charge in [-0.1, -0.05) is 34.1 Å². The Kier molecular flexibility index (Phi) is 3.06. The molecule has 0 saturated heterocycles. The smallest absolute Gasteiger partial charge is 0.356 e. The number of hydrogen-bond acceptors (Lipinski definition) is 2. The van der Waals surface area contributed by atoms with E-state index in [9.17, 15) is 9.90 Å². The molecule has 0 spiro atoms. The van der Waals surface area contributed by atoms with E-state index in [0.717, 1.165) is 15.7 Å². The van der Waals surface area contributed by atoms with Gasteiger partial charge in [0.15, 0.2) is 5.69 Å². The molecule has 0 aliphatic rings. The number of rotatable bonds is 2. The molecule has 0 bridgehead atoms. The van der Waals surface area contributed by atoms with Crippen molar-refractivity contribution in [1.82, 2.24) is 9.38 Å². The van der Waals surface area contributed by atoms with E-state index in [1.54, 1.807) is 6.07 Å². The first-order valence-electron chi connectivity index (χ1n) is 6.05. The molecule has 4 nitrogen and oxygen atoms in total. The molecule has 0 aliphatic carbocycles. The molecule has 3 rings (SSSR count). The molecule has 20 heavy (non-hydrogen) atoms. The Balaban J connectivity index is 2.35. The van der Waals surface area contributed by atoms with Crippen molar-refractivity contribution < 1.29 is 9.90 Å². The number of aromatic nitrogens is 2. The lowest BCUT2D eigenvalue weighted by atomic mass is 10.2. The van der Waals surface area contributed by atoms with Gasteiger partial charge in [0.25, 0.3) is 0 Å². The van der Waals surface area contributed by atoms with Crippen LogP contribution in [0.25, 0.3) is 16.9 Å². The molecule has 3 aromatic rings. The maximum Gasteiger partial charge on any atom is 0.356 e. The highest BCUT2D eigenvalue weighted by molar-refractivity contribution is 9.10. The minimum Gasteiger partial charge on any atom is -0.476 e. The third kappa shape index (κ3) is 2.00. The lowest BCUT2D eigenvalue weighted by molar-refractivity contribution is 0.0693. The van der Waals surface area contributed by atoms with E-state index >= 15 is 0 Å². The van der Waals surface area contributed by atoms with Crippen molar-refractivity contribution in [1.29, 1.82) is 0 Å². The van der Waals surface area contributed by atoms with E-state index in [1.807, 2.05) is 47.7 Å². The summed E-state index contributed by atoms with van der Waals surface area (Å²) in [6.07, 6.45) is 0. The fourth-order valence-electron chi connectivity index (χ4n) is 2.25. The summed E-state index contributed by atoms with van der Waals surface area (Å²) in [6, 6.07) is 13.2. The largest absolute Gasteiger partial charge is 0.476 e. The molecule has 0 radical (unpaired) electrons. The summed E-state index contributed by atoms with van der Waals surface area (Å²) in [5.74, 6) is -0.375. The van der Waals surface area contributed by atoms with Gasteiger partial charge in [0.1, 0.15) is 5.82 Å². The third-order valence-corrected chi connectivity index (χ3v) is 3.69. The summed E-state index contributed by atoms with van der Waals surface area (Å²) in [5, 5.41) is 9.29. The Morgan fingerprint density at radius 3 is 2.55 bits per heavy atom. The lowest BCUT2D eigenvalue weighted by Crippen LogP contribution is -1.97. The standard InChI is InChI=1S/C15H11BrN2O2/c1-9-3-2-4-12-13(15(19)20)17-14(18(9)12)10-5-7-11(16)8-6-10/h2-8H,1H3,(H,19,20). The average Bonchev–Trinajstić information content (AvgIpc) is 2.81. The SMILES string of the molecule is Cc1cccc2c(C(=O)O)nc(-c3ccc(Br)cc3)n12. The molecule has 100 valence electrons. The Morgan fingerprint density at radius 1 is 1.20 bits per heavy atom. The van der Waals surface area contributed by atoms with Crippen LogP contribution in [0.4, 0.5) is 0 Å². The number of carbonyl (C=O) groups is 1. The number of aromatic carboxylic acids is 1. The molecule has 1 N–H and O–H groups in total. The van der Waals surface area contributed by atoms with Crippen LogP contribution in [0.3, 0.4) is 0 Å². The molecule has 0 saturated carbocycles. The highest BCUT2D eigenvalue weighted by atomic mass is 79.9. The van der Waals surface area contributed by atoms with Gasteiger partial charge in [-0.05, 0) is 31.2 Å². The summed E-state index contributed by atoms with van der Waals surface area (Å²) in [7, 11) is 0. The molecule has 2 heterocycles. The predicted molar refractivity (Wildman–Crippen MR) is 80.0 cm³/mol. The van der Waals surface area contributed by atoms with Crippen LogP contribution in [0.15, 0.2) is 46.9 Å². The van der Waals surface area contributed by atoms with Crippen molar-refractivity contribution in [3.8, 4) is 11.4 Å². The molecular weight excluding hydrogens is 320 g/mol.